The predicted octanol–water partition coefficient (Wildman–Crippen LogP) is 31.2. The van der Waals surface area contributed by atoms with Crippen LogP contribution in [0.2, 0.25) is 0 Å². The second-order valence-electron chi connectivity index (χ2n) is 42.6. The van der Waals surface area contributed by atoms with E-state index in [2.05, 4.69) is 528 Å². The molecular formula is C142H117N5+4. The molecule has 12 aliphatic rings. The first-order valence-electron chi connectivity index (χ1n) is 52.3. The van der Waals surface area contributed by atoms with Crippen molar-refractivity contribution in [1.82, 2.24) is 4.98 Å². The highest BCUT2D eigenvalue weighted by atomic mass is 15.0. The van der Waals surface area contributed by atoms with Crippen LogP contribution >= 0.6 is 0 Å². The molecule has 0 saturated heterocycles. The Balaban J connectivity index is 0.0000000995. The summed E-state index contributed by atoms with van der Waals surface area (Å²) >= 11 is 0. The quantitative estimate of drug-likeness (QED) is 0.132. The summed E-state index contributed by atoms with van der Waals surface area (Å²) in [5.74, 6) is 2.34. The van der Waals surface area contributed by atoms with Crippen molar-refractivity contribution in [3.05, 3.63) is 609 Å². The molecule has 21 aromatic rings. The molecule has 0 amide bonds. The van der Waals surface area contributed by atoms with Gasteiger partial charge in [-0.1, -0.05) is 321 Å². The Labute approximate surface area is 864 Å². The van der Waals surface area contributed by atoms with Crippen LogP contribution in [0.1, 0.15) is 231 Å². The van der Waals surface area contributed by atoms with E-state index < -0.39 is 0 Å². The minimum absolute atomic E-state index is 0.256. The second-order valence-corrected chi connectivity index (χ2v) is 42.6. The third-order valence-electron chi connectivity index (χ3n) is 33.9. The van der Waals surface area contributed by atoms with Gasteiger partial charge in [0.25, 0.3) is 6.33 Å². The van der Waals surface area contributed by atoms with Gasteiger partial charge in [-0.05, 0) is 333 Å². The third-order valence-corrected chi connectivity index (χ3v) is 33.9. The highest BCUT2D eigenvalue weighted by Gasteiger charge is 2.47. The summed E-state index contributed by atoms with van der Waals surface area (Å²) in [6.45, 7) is 20.0. The van der Waals surface area contributed by atoms with Gasteiger partial charge in [0.05, 0.1) is 7.05 Å². The van der Waals surface area contributed by atoms with Crippen molar-refractivity contribution in [3.8, 4) is 101 Å². The molecule has 4 aromatic heterocycles. The number of hydrogen-bond donors (Lipinski definition) is 0. The van der Waals surface area contributed by atoms with Crippen LogP contribution in [0.25, 0.3) is 101 Å². The van der Waals surface area contributed by atoms with Crippen molar-refractivity contribution in [3.63, 3.8) is 0 Å². The summed E-state index contributed by atoms with van der Waals surface area (Å²) in [7, 11) is 8.48. The van der Waals surface area contributed by atoms with E-state index in [1.807, 2.05) is 6.33 Å². The molecule has 0 radical (unpaired) electrons. The minimum Gasteiger partial charge on any atom is -0.232 e. The van der Waals surface area contributed by atoms with Crippen LogP contribution in [0.4, 0.5) is 0 Å². The van der Waals surface area contributed by atoms with E-state index in [1.165, 1.54) is 279 Å². The van der Waals surface area contributed by atoms with Crippen LogP contribution in [0, 0.1) is 62.3 Å². The molecule has 0 fully saturated rings. The average Bonchev–Trinajstić information content (AvgIpc) is 0.704. The summed E-state index contributed by atoms with van der Waals surface area (Å²) in [5.41, 5.74) is 69.7. The van der Waals surface area contributed by atoms with E-state index in [1.54, 1.807) is 0 Å². The topological polar surface area (TPSA) is 28.4 Å². The first kappa shape index (κ1) is 90.3. The van der Waals surface area contributed by atoms with Gasteiger partial charge in [0, 0.05) is 118 Å². The summed E-state index contributed by atoms with van der Waals surface area (Å²) in [6.07, 6.45) is 8.55. The molecule has 6 atom stereocenters. The lowest BCUT2D eigenvalue weighted by molar-refractivity contribution is -0.663. The van der Waals surface area contributed by atoms with E-state index in [4.69, 9.17) is 4.98 Å². The number of hydrogen-bond acceptors (Lipinski definition) is 1. The summed E-state index contributed by atoms with van der Waals surface area (Å²) in [6, 6.07) is 150. The van der Waals surface area contributed by atoms with E-state index in [9.17, 15) is 0 Å². The lowest BCUT2D eigenvalue weighted by Gasteiger charge is -2.43. The molecule has 147 heavy (non-hydrogen) atoms. The summed E-state index contributed by atoms with van der Waals surface area (Å²) in [5, 5.41) is 0. The second kappa shape index (κ2) is 35.9. The lowest BCUT2D eigenvalue weighted by atomic mass is 9.60. The molecule has 706 valence electrons. The molecule has 5 nitrogen and oxygen atoms in total. The Hall–Kier alpha value is -16.7. The molecule has 0 saturated carbocycles. The van der Waals surface area contributed by atoms with Gasteiger partial charge in [0.15, 0.2) is 24.3 Å². The van der Waals surface area contributed by atoms with Crippen molar-refractivity contribution in [2.45, 2.75) is 110 Å². The fourth-order valence-electron chi connectivity index (χ4n) is 26.8. The lowest BCUT2D eigenvalue weighted by Crippen LogP contribution is -2.31. The zero-order chi connectivity index (χ0) is 99.6. The largest absolute Gasteiger partial charge is 0.287 e. The number of pyridine rings is 3. The molecule has 12 aliphatic carbocycles. The Morgan fingerprint density at radius 2 is 0.442 bits per heavy atom. The third kappa shape index (κ3) is 14.9. The predicted molar refractivity (Wildman–Crippen MR) is 599 cm³/mol. The number of benzene rings is 17. The Morgan fingerprint density at radius 3 is 0.857 bits per heavy atom. The number of nitrogens with zero attached hydrogens (tertiary/aromatic N) is 5. The molecule has 0 N–H and O–H groups in total. The van der Waals surface area contributed by atoms with E-state index >= 15 is 0 Å². The maximum absolute atomic E-state index is 4.89. The van der Waals surface area contributed by atoms with Crippen molar-refractivity contribution in [2.75, 3.05) is 0 Å². The Bertz CT molecular complexity index is 8990. The molecule has 8 bridgehead atoms. The zero-order valence-electron chi connectivity index (χ0n) is 85.8. The Kier molecular flexibility index (Phi) is 22.1. The van der Waals surface area contributed by atoms with Crippen molar-refractivity contribution in [2.24, 2.45) is 28.2 Å². The van der Waals surface area contributed by atoms with E-state index in [0.29, 0.717) is 29.6 Å². The minimum atomic E-state index is 0.256. The van der Waals surface area contributed by atoms with Gasteiger partial charge in [-0.3, -0.25) is 0 Å². The molecule has 0 spiro atoms. The van der Waals surface area contributed by atoms with Crippen LogP contribution in [-0.4, -0.2) is 4.98 Å². The fraction of sp³-hybridized carbons (Fsp3) is 0.148. The molecule has 17 aromatic carbocycles. The molecule has 5 heteroatoms. The van der Waals surface area contributed by atoms with E-state index in [-0.39, 0.29) is 17.8 Å². The average molecular weight is 1890 g/mol. The van der Waals surface area contributed by atoms with Gasteiger partial charge >= 0.3 is 0 Å². The highest BCUT2D eigenvalue weighted by molar-refractivity contribution is 5.84. The summed E-state index contributed by atoms with van der Waals surface area (Å²) < 4.78 is 8.81. The zero-order valence-corrected chi connectivity index (χ0v) is 85.8. The SMILES string of the molecule is Cc1cc2c(cc1-c1cc(-c3ccccc3C)[n+](C)cn1)C1c3ccccc3C2c2ccccc21.Cc1ccc2c(c1)C1c3ccccc3C2c2cc(-c3cc[n+](C)c(-c4ccccc4C)c3)c(C)cc21.Cc1ccc2c(c1)C1c3ccccc3C2c2cc(-c3cc[n+](C)c(-c4ccccc4C)c3)cc(C)c21.Cc1ccccc1-c1cc(-c2ccc3c(c2)C2c4ccccc4C3c3cc(-c4ccccc4)ccc32)cc[n+]1C. The van der Waals surface area contributed by atoms with Gasteiger partial charge in [0.2, 0.25) is 17.1 Å². The molecular weight excluding hydrogens is 1780 g/mol. The number of aromatic nitrogens is 5. The maximum atomic E-state index is 4.89. The van der Waals surface area contributed by atoms with Crippen LogP contribution < -0.4 is 18.3 Å². The number of aryl methyl sites for hydroxylation is 13. The van der Waals surface area contributed by atoms with Gasteiger partial charge in [-0.15, -0.1) is 0 Å². The fourth-order valence-corrected chi connectivity index (χ4v) is 26.8. The van der Waals surface area contributed by atoms with Gasteiger partial charge in [0.1, 0.15) is 26.8 Å². The van der Waals surface area contributed by atoms with Crippen LogP contribution in [0.3, 0.4) is 0 Å². The van der Waals surface area contributed by atoms with Gasteiger partial charge < -0.3 is 0 Å². The molecule has 4 heterocycles. The van der Waals surface area contributed by atoms with Crippen molar-refractivity contribution in [1.29, 1.82) is 0 Å². The van der Waals surface area contributed by atoms with Crippen LogP contribution in [-0.2, 0) is 28.2 Å². The molecule has 33 rings (SSSR count). The molecule has 6 unspecified atom stereocenters. The van der Waals surface area contributed by atoms with Gasteiger partial charge in [-0.25, -0.2) is 18.3 Å². The van der Waals surface area contributed by atoms with Crippen LogP contribution in [0.5, 0.6) is 0 Å². The van der Waals surface area contributed by atoms with Crippen LogP contribution in [0.15, 0.2) is 425 Å². The number of rotatable bonds is 9. The molecule has 0 aliphatic heterocycles. The smallest absolute Gasteiger partial charge is 0.232 e. The normalized spacial score (nSPS) is 16.7. The standard InChI is InChI=1S/C39H30N.2C35H30N.C33H27N2/c1-25-10-6-7-13-30(25)37-24-29(20-21-40(37)2)28-17-19-34-36(23-28)39-32-15-9-8-14-31(32)38(34)35-22-27(16-18-33(35)39)26-11-4-3-5-12-26;1-21-13-14-29-30(17-21)35-28-12-8-7-11-27(28)34(29)31-19-25(18-23(3)33(31)35)24-15-16-36(4)32(20-24)26-10-6-5-9-22(26)2;1-21-13-14-28-30(17-21)35-27-12-8-7-11-26(27)34(28)32-20-29(23(3)18-31(32)35)24-15-16-36(4)33(19-24)25-10-6-5-9-22(25)2;1-20-10-4-5-11-22(20)31-18-30(34-19-35(31)3)27-17-29-28(16-21(27)2)32-23-12-6-8-14-25(23)33(29)26-15-9-7-13-24(26)32/h3-24,38-39H,1-2H3;2*5-20,34-35H,1-4H3;4-19,32-33H,1-3H3/q4*+1. The first-order valence-corrected chi connectivity index (χ1v) is 52.3. The maximum Gasteiger partial charge on any atom is 0.287 e. The highest BCUT2D eigenvalue weighted by Crippen LogP contribution is 2.63. The Morgan fingerprint density at radius 1 is 0.163 bits per heavy atom. The van der Waals surface area contributed by atoms with Gasteiger partial charge in [-0.2, -0.15) is 0 Å². The van der Waals surface area contributed by atoms with E-state index in [0.717, 1.165) is 5.69 Å². The summed E-state index contributed by atoms with van der Waals surface area (Å²) in [4.78, 5) is 4.89. The monoisotopic (exact) mass is 1890 g/mol. The van der Waals surface area contributed by atoms with Crippen molar-refractivity contribution < 1.29 is 18.3 Å². The first-order chi connectivity index (χ1) is 71.8. The van der Waals surface area contributed by atoms with Crippen molar-refractivity contribution >= 4 is 0 Å².